The highest BCUT2D eigenvalue weighted by Crippen LogP contribution is 2.21. The number of amides is 1. The molecule has 0 aliphatic carbocycles. The van der Waals surface area contributed by atoms with Gasteiger partial charge in [-0.25, -0.2) is 0 Å². The average molecular weight is 264 g/mol. The van der Waals surface area contributed by atoms with E-state index >= 15 is 0 Å². The van der Waals surface area contributed by atoms with Gasteiger partial charge in [0.15, 0.2) is 0 Å². The Morgan fingerprint density at radius 1 is 1.37 bits per heavy atom. The van der Waals surface area contributed by atoms with Gasteiger partial charge in [-0.3, -0.25) is 4.79 Å². The zero-order valence-corrected chi connectivity index (χ0v) is 11.0. The summed E-state index contributed by atoms with van der Waals surface area (Å²) in [5, 5.41) is 24.9. The lowest BCUT2D eigenvalue weighted by molar-refractivity contribution is 0.0937. The molecular formula is C14H20N2O3. The summed E-state index contributed by atoms with van der Waals surface area (Å²) in [6.07, 6.45) is 1.05. The fraction of sp³-hybridized carbons (Fsp3) is 0.500. The van der Waals surface area contributed by atoms with Crippen LogP contribution in [0.25, 0.3) is 0 Å². The van der Waals surface area contributed by atoms with Gasteiger partial charge in [0, 0.05) is 18.2 Å². The molecule has 1 heterocycles. The fourth-order valence-corrected chi connectivity index (χ4v) is 2.42. The molecule has 4 N–H and O–H groups in total. The van der Waals surface area contributed by atoms with E-state index in [4.69, 9.17) is 0 Å². The number of piperidine rings is 1. The topological polar surface area (TPSA) is 81.6 Å². The first-order valence-corrected chi connectivity index (χ1v) is 6.58. The van der Waals surface area contributed by atoms with Crippen molar-refractivity contribution in [1.82, 2.24) is 10.6 Å². The molecule has 0 aromatic heterocycles. The van der Waals surface area contributed by atoms with Crippen LogP contribution in [-0.4, -0.2) is 35.8 Å². The van der Waals surface area contributed by atoms with Gasteiger partial charge in [-0.15, -0.1) is 0 Å². The van der Waals surface area contributed by atoms with Gasteiger partial charge >= 0.3 is 0 Å². The minimum atomic E-state index is -0.267. The summed E-state index contributed by atoms with van der Waals surface area (Å²) in [6.45, 7) is 4.76. The van der Waals surface area contributed by atoms with Crippen molar-refractivity contribution < 1.29 is 15.0 Å². The Kier molecular flexibility index (Phi) is 4.27. The van der Waals surface area contributed by atoms with Crippen LogP contribution in [0.1, 0.15) is 23.7 Å². The quantitative estimate of drug-likeness (QED) is 0.658. The van der Waals surface area contributed by atoms with E-state index in [2.05, 4.69) is 17.6 Å². The van der Waals surface area contributed by atoms with Crippen molar-refractivity contribution in [3.8, 4) is 11.5 Å². The maximum Gasteiger partial charge on any atom is 0.251 e. The SMILES string of the molecule is CC1CNCCC1CNC(=O)c1cc(O)cc(O)c1. The number of phenols is 2. The predicted molar refractivity (Wildman–Crippen MR) is 72.2 cm³/mol. The van der Waals surface area contributed by atoms with Gasteiger partial charge in [0.2, 0.25) is 0 Å². The second kappa shape index (κ2) is 5.93. The molecule has 2 atom stereocenters. The lowest BCUT2D eigenvalue weighted by Crippen LogP contribution is -2.41. The van der Waals surface area contributed by atoms with E-state index in [0.717, 1.165) is 19.5 Å². The van der Waals surface area contributed by atoms with E-state index in [-0.39, 0.29) is 23.0 Å². The minimum Gasteiger partial charge on any atom is -0.508 e. The van der Waals surface area contributed by atoms with Crippen molar-refractivity contribution in [1.29, 1.82) is 0 Å². The summed E-state index contributed by atoms with van der Waals surface area (Å²) in [5.74, 6) is 0.514. The number of aromatic hydroxyl groups is 2. The van der Waals surface area contributed by atoms with Crippen LogP contribution in [0, 0.1) is 11.8 Å². The van der Waals surface area contributed by atoms with Gasteiger partial charge in [-0.2, -0.15) is 0 Å². The number of hydrogen-bond acceptors (Lipinski definition) is 4. The number of nitrogens with one attached hydrogen (secondary N) is 2. The molecule has 1 aliphatic heterocycles. The van der Waals surface area contributed by atoms with Crippen LogP contribution < -0.4 is 10.6 Å². The van der Waals surface area contributed by atoms with E-state index in [0.29, 0.717) is 18.4 Å². The minimum absolute atomic E-state index is 0.111. The molecule has 1 saturated heterocycles. The zero-order valence-electron chi connectivity index (χ0n) is 11.0. The molecular weight excluding hydrogens is 244 g/mol. The summed E-state index contributed by atoms with van der Waals surface area (Å²) in [6, 6.07) is 3.90. The Morgan fingerprint density at radius 3 is 2.68 bits per heavy atom. The normalized spacial score (nSPS) is 23.0. The summed E-state index contributed by atoms with van der Waals surface area (Å²) >= 11 is 0. The van der Waals surface area contributed by atoms with Crippen LogP contribution in [0.2, 0.25) is 0 Å². The van der Waals surface area contributed by atoms with Crippen molar-refractivity contribution in [2.24, 2.45) is 11.8 Å². The van der Waals surface area contributed by atoms with E-state index in [1.165, 1.54) is 18.2 Å². The van der Waals surface area contributed by atoms with Crippen molar-refractivity contribution in [3.05, 3.63) is 23.8 Å². The zero-order chi connectivity index (χ0) is 13.8. The Balaban J connectivity index is 1.93. The molecule has 0 saturated carbocycles. The third kappa shape index (κ3) is 3.61. The number of benzene rings is 1. The third-order valence-electron chi connectivity index (χ3n) is 3.65. The van der Waals surface area contributed by atoms with Crippen LogP contribution in [0.4, 0.5) is 0 Å². The first-order valence-electron chi connectivity index (χ1n) is 6.58. The predicted octanol–water partition coefficient (Wildman–Crippen LogP) is 1.07. The number of carbonyl (C=O) groups excluding carboxylic acids is 1. The fourth-order valence-electron chi connectivity index (χ4n) is 2.42. The molecule has 1 aromatic rings. The van der Waals surface area contributed by atoms with Gasteiger partial charge in [-0.1, -0.05) is 6.92 Å². The van der Waals surface area contributed by atoms with Crippen molar-refractivity contribution >= 4 is 5.91 Å². The van der Waals surface area contributed by atoms with E-state index in [1.807, 2.05) is 0 Å². The summed E-state index contributed by atoms with van der Waals surface area (Å²) in [4.78, 5) is 11.9. The lowest BCUT2D eigenvalue weighted by atomic mass is 9.88. The molecule has 104 valence electrons. The van der Waals surface area contributed by atoms with Crippen LogP contribution in [0.5, 0.6) is 11.5 Å². The van der Waals surface area contributed by atoms with Gasteiger partial charge < -0.3 is 20.8 Å². The highest BCUT2D eigenvalue weighted by atomic mass is 16.3. The highest BCUT2D eigenvalue weighted by molar-refractivity contribution is 5.95. The van der Waals surface area contributed by atoms with Gasteiger partial charge in [0.1, 0.15) is 11.5 Å². The highest BCUT2D eigenvalue weighted by Gasteiger charge is 2.21. The number of phenolic OH excluding ortho intramolecular Hbond substituents is 2. The third-order valence-corrected chi connectivity index (χ3v) is 3.65. The molecule has 5 heteroatoms. The second-order valence-corrected chi connectivity index (χ2v) is 5.18. The van der Waals surface area contributed by atoms with E-state index in [9.17, 15) is 15.0 Å². The number of carbonyl (C=O) groups is 1. The standard InChI is InChI=1S/C14H20N2O3/c1-9-7-15-3-2-10(9)8-16-14(19)11-4-12(17)6-13(18)5-11/h4-6,9-10,15,17-18H,2-3,7-8H2,1H3,(H,16,19). The Hall–Kier alpha value is -1.75. The first-order chi connectivity index (χ1) is 9.06. The van der Waals surface area contributed by atoms with Crippen LogP contribution in [-0.2, 0) is 0 Å². The molecule has 1 aromatic carbocycles. The van der Waals surface area contributed by atoms with E-state index in [1.54, 1.807) is 0 Å². The maximum atomic E-state index is 11.9. The smallest absolute Gasteiger partial charge is 0.251 e. The van der Waals surface area contributed by atoms with Gasteiger partial charge in [0.05, 0.1) is 0 Å². The molecule has 2 rings (SSSR count). The first kappa shape index (κ1) is 13.7. The molecule has 19 heavy (non-hydrogen) atoms. The number of rotatable bonds is 3. The lowest BCUT2D eigenvalue weighted by Gasteiger charge is -2.29. The van der Waals surface area contributed by atoms with Crippen LogP contribution in [0.3, 0.4) is 0 Å². The van der Waals surface area contributed by atoms with E-state index < -0.39 is 0 Å². The molecule has 0 spiro atoms. The monoisotopic (exact) mass is 264 g/mol. The molecule has 0 bridgehead atoms. The van der Waals surface area contributed by atoms with Crippen LogP contribution in [0.15, 0.2) is 18.2 Å². The molecule has 1 fully saturated rings. The largest absolute Gasteiger partial charge is 0.508 e. The average Bonchev–Trinajstić information content (AvgIpc) is 2.36. The van der Waals surface area contributed by atoms with Gasteiger partial charge in [-0.05, 0) is 43.5 Å². The summed E-state index contributed by atoms with van der Waals surface area (Å²) in [5.41, 5.74) is 0.277. The Bertz CT molecular complexity index is 442. The summed E-state index contributed by atoms with van der Waals surface area (Å²) in [7, 11) is 0. The van der Waals surface area contributed by atoms with Crippen molar-refractivity contribution in [2.45, 2.75) is 13.3 Å². The van der Waals surface area contributed by atoms with Gasteiger partial charge in [0.25, 0.3) is 5.91 Å². The van der Waals surface area contributed by atoms with Crippen LogP contribution >= 0.6 is 0 Å². The van der Waals surface area contributed by atoms with Crippen molar-refractivity contribution in [3.63, 3.8) is 0 Å². The van der Waals surface area contributed by atoms with Crippen molar-refractivity contribution in [2.75, 3.05) is 19.6 Å². The molecule has 1 amide bonds. The molecule has 2 unspecified atom stereocenters. The second-order valence-electron chi connectivity index (χ2n) is 5.18. The maximum absolute atomic E-state index is 11.9. The Morgan fingerprint density at radius 2 is 2.05 bits per heavy atom. The molecule has 0 radical (unpaired) electrons. The molecule has 5 nitrogen and oxygen atoms in total. The number of hydrogen-bond donors (Lipinski definition) is 4. The summed E-state index contributed by atoms with van der Waals surface area (Å²) < 4.78 is 0. The Labute approximate surface area is 112 Å². The molecule has 1 aliphatic rings.